The van der Waals surface area contributed by atoms with Gasteiger partial charge in [0.25, 0.3) is 0 Å². The lowest BCUT2D eigenvalue weighted by Gasteiger charge is -2.33. The highest BCUT2D eigenvalue weighted by Crippen LogP contribution is 2.35. The normalized spacial score (nSPS) is 14.5. The lowest BCUT2D eigenvalue weighted by molar-refractivity contribution is -0.127. The Morgan fingerprint density at radius 1 is 1.00 bits per heavy atom. The Morgan fingerprint density at radius 2 is 1.77 bits per heavy atom. The molecule has 1 atom stereocenters. The lowest BCUT2D eigenvalue weighted by Crippen LogP contribution is -2.48. The molecular weight excluding hydrogens is 513 g/mol. The second kappa shape index (κ2) is 12.1. The number of carbonyl (C=O) groups excluding carboxylic acids is 2. The zero-order valence-corrected chi connectivity index (χ0v) is 22.5. The molecule has 3 aromatic carbocycles. The van der Waals surface area contributed by atoms with E-state index >= 15 is 0 Å². The molecule has 4 aromatic rings. The van der Waals surface area contributed by atoms with Gasteiger partial charge in [0, 0.05) is 11.7 Å². The standard InChI is InChI=1S/C30H32FN5O4/c1-39-26-16-15-20(17-27(26)40-2)29(30(38)32-22-10-4-3-5-11-22)36(23-12-8-9-21(31)18-23)28(37)19-35-25-14-7-6-13-24(25)33-34-35/h6-9,12-18,22,29H,3-5,10-11,19H2,1-2H3,(H,32,38)/t29-/m0/s1. The number of nitrogens with zero attached hydrogens (tertiary/aromatic N) is 4. The van der Waals surface area contributed by atoms with Crippen LogP contribution in [0.15, 0.2) is 66.7 Å². The number of carbonyl (C=O) groups is 2. The number of benzene rings is 3. The summed E-state index contributed by atoms with van der Waals surface area (Å²) in [4.78, 5) is 29.5. The fourth-order valence-corrected chi connectivity index (χ4v) is 5.27. The quantitative estimate of drug-likeness (QED) is 0.324. The zero-order chi connectivity index (χ0) is 28.1. The summed E-state index contributed by atoms with van der Waals surface area (Å²) < 4.78 is 26.9. The van der Waals surface area contributed by atoms with Gasteiger partial charge in [0.15, 0.2) is 11.5 Å². The van der Waals surface area contributed by atoms with Crippen molar-refractivity contribution in [3.63, 3.8) is 0 Å². The highest BCUT2D eigenvalue weighted by molar-refractivity contribution is 6.01. The Kier molecular flexibility index (Phi) is 8.23. The molecule has 0 radical (unpaired) electrons. The monoisotopic (exact) mass is 545 g/mol. The third-order valence-corrected chi connectivity index (χ3v) is 7.24. The molecule has 40 heavy (non-hydrogen) atoms. The van der Waals surface area contributed by atoms with E-state index in [1.165, 1.54) is 42.0 Å². The van der Waals surface area contributed by atoms with Crippen molar-refractivity contribution < 1.29 is 23.5 Å². The second-order valence-electron chi connectivity index (χ2n) is 9.84. The third kappa shape index (κ3) is 5.75. The molecule has 1 fully saturated rings. The van der Waals surface area contributed by atoms with E-state index in [0.717, 1.165) is 32.1 Å². The number of nitrogens with one attached hydrogen (secondary N) is 1. The van der Waals surface area contributed by atoms with Crippen LogP contribution in [0.1, 0.15) is 43.7 Å². The van der Waals surface area contributed by atoms with E-state index in [-0.39, 0.29) is 24.2 Å². The van der Waals surface area contributed by atoms with Gasteiger partial charge in [-0.15, -0.1) is 5.10 Å². The number of amides is 2. The van der Waals surface area contributed by atoms with Crippen LogP contribution in [0.4, 0.5) is 10.1 Å². The van der Waals surface area contributed by atoms with Crippen LogP contribution in [0.5, 0.6) is 11.5 Å². The summed E-state index contributed by atoms with van der Waals surface area (Å²) in [5.74, 6) is -0.458. The maximum absolute atomic E-state index is 14.5. The van der Waals surface area contributed by atoms with Crippen molar-refractivity contribution in [2.45, 2.75) is 50.7 Å². The van der Waals surface area contributed by atoms with Crippen molar-refractivity contribution in [3.8, 4) is 11.5 Å². The number of anilines is 1. The first-order chi connectivity index (χ1) is 19.5. The van der Waals surface area contributed by atoms with Crippen molar-refractivity contribution in [1.29, 1.82) is 0 Å². The molecule has 1 saturated carbocycles. The van der Waals surface area contributed by atoms with Crippen molar-refractivity contribution in [1.82, 2.24) is 20.3 Å². The molecule has 0 bridgehead atoms. The first kappa shape index (κ1) is 27.1. The minimum Gasteiger partial charge on any atom is -0.493 e. The summed E-state index contributed by atoms with van der Waals surface area (Å²) in [6.07, 6.45) is 4.91. The van der Waals surface area contributed by atoms with Crippen LogP contribution in [0.2, 0.25) is 0 Å². The number of rotatable bonds is 9. The van der Waals surface area contributed by atoms with Crippen molar-refractivity contribution in [3.05, 3.63) is 78.1 Å². The van der Waals surface area contributed by atoms with Crippen LogP contribution < -0.4 is 19.7 Å². The SMILES string of the molecule is COc1ccc([C@@H](C(=O)NC2CCCCC2)N(C(=O)Cn2nnc3ccccc32)c2cccc(F)c2)cc1OC. The molecule has 9 nitrogen and oxygen atoms in total. The Hall–Kier alpha value is -4.47. The largest absolute Gasteiger partial charge is 0.493 e. The molecule has 1 aliphatic carbocycles. The molecule has 10 heteroatoms. The van der Waals surface area contributed by atoms with Gasteiger partial charge in [0.05, 0.1) is 19.7 Å². The fourth-order valence-electron chi connectivity index (χ4n) is 5.27. The van der Waals surface area contributed by atoms with E-state index in [1.807, 2.05) is 18.2 Å². The first-order valence-corrected chi connectivity index (χ1v) is 13.4. The Bertz CT molecular complexity index is 1500. The summed E-state index contributed by atoms with van der Waals surface area (Å²) in [5, 5.41) is 11.5. The minimum absolute atomic E-state index is 0.00684. The van der Waals surface area contributed by atoms with Gasteiger partial charge < -0.3 is 14.8 Å². The molecule has 1 heterocycles. The molecule has 0 aliphatic heterocycles. The summed E-state index contributed by atoms with van der Waals surface area (Å²) in [6, 6.07) is 16.9. The number of para-hydroxylation sites is 1. The van der Waals surface area contributed by atoms with Crippen LogP contribution in [0.3, 0.4) is 0 Å². The Morgan fingerprint density at radius 3 is 2.52 bits per heavy atom. The summed E-state index contributed by atoms with van der Waals surface area (Å²) in [5.41, 5.74) is 2.04. The van der Waals surface area contributed by atoms with Gasteiger partial charge in [-0.25, -0.2) is 9.07 Å². The smallest absolute Gasteiger partial charge is 0.249 e. The molecule has 0 spiro atoms. The molecule has 1 aromatic heterocycles. The average molecular weight is 546 g/mol. The second-order valence-corrected chi connectivity index (χ2v) is 9.84. The van der Waals surface area contributed by atoms with E-state index in [1.54, 1.807) is 30.3 Å². The molecule has 0 saturated heterocycles. The van der Waals surface area contributed by atoms with Gasteiger partial charge in [0.1, 0.15) is 23.9 Å². The predicted octanol–water partition coefficient (Wildman–Crippen LogP) is 4.81. The van der Waals surface area contributed by atoms with Crippen LogP contribution in [-0.4, -0.2) is 47.1 Å². The molecule has 5 rings (SSSR count). The zero-order valence-electron chi connectivity index (χ0n) is 22.5. The van der Waals surface area contributed by atoms with Crippen LogP contribution in [0, 0.1) is 5.82 Å². The molecule has 1 aliphatic rings. The molecule has 2 amide bonds. The topological polar surface area (TPSA) is 98.6 Å². The Balaban J connectivity index is 1.60. The van der Waals surface area contributed by atoms with Gasteiger partial charge in [-0.1, -0.05) is 48.7 Å². The molecule has 208 valence electrons. The number of aromatic nitrogens is 3. The third-order valence-electron chi connectivity index (χ3n) is 7.24. The highest BCUT2D eigenvalue weighted by Gasteiger charge is 2.35. The van der Waals surface area contributed by atoms with E-state index in [9.17, 15) is 14.0 Å². The summed E-state index contributed by atoms with van der Waals surface area (Å²) in [6.45, 7) is -0.211. The van der Waals surface area contributed by atoms with Crippen LogP contribution >= 0.6 is 0 Å². The first-order valence-electron chi connectivity index (χ1n) is 13.4. The lowest BCUT2D eigenvalue weighted by atomic mass is 9.94. The fraction of sp³-hybridized carbons (Fsp3) is 0.333. The van der Waals surface area contributed by atoms with E-state index < -0.39 is 17.8 Å². The Labute approximate surface area is 231 Å². The highest BCUT2D eigenvalue weighted by atomic mass is 19.1. The molecule has 0 unspecified atom stereocenters. The maximum atomic E-state index is 14.5. The summed E-state index contributed by atoms with van der Waals surface area (Å²) >= 11 is 0. The minimum atomic E-state index is -1.12. The number of fused-ring (bicyclic) bond motifs is 1. The predicted molar refractivity (Wildman–Crippen MR) is 149 cm³/mol. The van der Waals surface area contributed by atoms with Gasteiger partial charge in [0.2, 0.25) is 11.8 Å². The summed E-state index contributed by atoms with van der Waals surface area (Å²) in [7, 11) is 3.03. The van der Waals surface area contributed by atoms with Crippen molar-refractivity contribution >= 4 is 28.5 Å². The van der Waals surface area contributed by atoms with Crippen LogP contribution in [0.25, 0.3) is 11.0 Å². The van der Waals surface area contributed by atoms with Gasteiger partial charge in [-0.2, -0.15) is 0 Å². The maximum Gasteiger partial charge on any atom is 0.249 e. The average Bonchev–Trinajstić information content (AvgIpc) is 3.38. The number of hydrogen-bond acceptors (Lipinski definition) is 6. The number of ether oxygens (including phenoxy) is 2. The number of halogens is 1. The van der Waals surface area contributed by atoms with E-state index in [2.05, 4.69) is 15.6 Å². The van der Waals surface area contributed by atoms with Gasteiger partial charge >= 0.3 is 0 Å². The van der Waals surface area contributed by atoms with Crippen molar-refractivity contribution in [2.75, 3.05) is 19.1 Å². The number of hydrogen-bond donors (Lipinski definition) is 1. The van der Waals surface area contributed by atoms with Crippen LogP contribution in [-0.2, 0) is 16.1 Å². The molecular formula is C30H32FN5O4. The van der Waals surface area contributed by atoms with E-state index in [0.29, 0.717) is 28.1 Å². The van der Waals surface area contributed by atoms with Gasteiger partial charge in [-0.05, 0) is 60.9 Å². The van der Waals surface area contributed by atoms with Gasteiger partial charge in [-0.3, -0.25) is 14.5 Å². The number of methoxy groups -OCH3 is 2. The van der Waals surface area contributed by atoms with Crippen molar-refractivity contribution in [2.24, 2.45) is 0 Å². The molecule has 1 N–H and O–H groups in total. The van der Waals surface area contributed by atoms with E-state index in [4.69, 9.17) is 9.47 Å².